The van der Waals surface area contributed by atoms with Gasteiger partial charge < -0.3 is 25.3 Å². The van der Waals surface area contributed by atoms with Gasteiger partial charge >= 0.3 is 0 Å². The lowest BCUT2D eigenvalue weighted by Gasteiger charge is -2.19. The number of carbonyl (C=O) groups is 2. The Balaban J connectivity index is 1.65. The van der Waals surface area contributed by atoms with Crippen LogP contribution in [-0.2, 0) is 9.59 Å². The smallest absolute Gasteiger partial charge is 0.255 e. The van der Waals surface area contributed by atoms with Gasteiger partial charge in [-0.25, -0.2) is 0 Å². The molecule has 0 saturated carbocycles. The van der Waals surface area contributed by atoms with Crippen molar-refractivity contribution in [1.82, 2.24) is 0 Å². The van der Waals surface area contributed by atoms with Crippen LogP contribution in [0.2, 0.25) is 5.02 Å². The lowest BCUT2D eigenvalue weighted by Crippen LogP contribution is -2.20. The molecule has 0 bridgehead atoms. The molecule has 27 heavy (non-hydrogen) atoms. The standard InChI is InChI=1S/C19H17ClN2O5/c20-15-8-12(9-16-19(15)26-7-6-25-16)4-5-18(24)22-13-2-1-3-14(10-13)27-11-17(21)23/h1-5,8-10H,6-7,11H2,(H2,21,23)(H,22,24)/b5-4+. The molecule has 0 saturated heterocycles. The lowest BCUT2D eigenvalue weighted by atomic mass is 10.1. The van der Waals surface area contributed by atoms with Crippen molar-refractivity contribution in [3.05, 3.63) is 53.1 Å². The monoisotopic (exact) mass is 388 g/mol. The predicted octanol–water partition coefficient (Wildman–Crippen LogP) is 2.63. The summed E-state index contributed by atoms with van der Waals surface area (Å²) in [5.41, 5.74) is 6.26. The molecule has 2 aromatic carbocycles. The number of nitrogens with one attached hydrogen (secondary N) is 1. The Labute approximate surface area is 160 Å². The maximum absolute atomic E-state index is 12.1. The maximum Gasteiger partial charge on any atom is 0.255 e. The van der Waals surface area contributed by atoms with E-state index in [0.717, 1.165) is 0 Å². The molecule has 0 aromatic heterocycles. The number of primary amides is 1. The first-order valence-electron chi connectivity index (χ1n) is 8.10. The van der Waals surface area contributed by atoms with E-state index in [1.807, 2.05) is 0 Å². The summed E-state index contributed by atoms with van der Waals surface area (Å²) in [4.78, 5) is 22.9. The van der Waals surface area contributed by atoms with Crippen LogP contribution >= 0.6 is 11.6 Å². The van der Waals surface area contributed by atoms with Crippen LogP contribution in [0.5, 0.6) is 17.2 Å². The highest BCUT2D eigenvalue weighted by atomic mass is 35.5. The summed E-state index contributed by atoms with van der Waals surface area (Å²) < 4.78 is 16.2. The maximum atomic E-state index is 12.1. The molecule has 2 aromatic rings. The van der Waals surface area contributed by atoms with Gasteiger partial charge in [0.1, 0.15) is 19.0 Å². The summed E-state index contributed by atoms with van der Waals surface area (Å²) in [6, 6.07) is 10.1. The molecule has 0 spiro atoms. The number of amides is 2. The zero-order chi connectivity index (χ0) is 19.2. The fourth-order valence-electron chi connectivity index (χ4n) is 2.40. The van der Waals surface area contributed by atoms with Crippen LogP contribution in [0.4, 0.5) is 5.69 Å². The molecule has 8 heteroatoms. The Bertz CT molecular complexity index is 898. The van der Waals surface area contributed by atoms with Gasteiger partial charge in [-0.3, -0.25) is 9.59 Å². The molecule has 3 N–H and O–H groups in total. The fourth-order valence-corrected chi connectivity index (χ4v) is 2.67. The number of hydrogen-bond acceptors (Lipinski definition) is 5. The van der Waals surface area contributed by atoms with Crippen molar-refractivity contribution in [2.45, 2.75) is 0 Å². The average Bonchev–Trinajstić information content (AvgIpc) is 2.65. The first-order valence-corrected chi connectivity index (χ1v) is 8.48. The van der Waals surface area contributed by atoms with Crippen LogP contribution in [0.1, 0.15) is 5.56 Å². The largest absolute Gasteiger partial charge is 0.486 e. The number of hydrogen-bond donors (Lipinski definition) is 2. The average molecular weight is 389 g/mol. The van der Waals surface area contributed by atoms with Crippen LogP contribution in [-0.4, -0.2) is 31.6 Å². The SMILES string of the molecule is NC(=O)COc1cccc(NC(=O)/C=C/c2cc(Cl)c3c(c2)OCCO3)c1. The minimum Gasteiger partial charge on any atom is -0.486 e. The summed E-state index contributed by atoms with van der Waals surface area (Å²) >= 11 is 6.18. The molecule has 3 rings (SSSR count). The molecule has 0 atom stereocenters. The summed E-state index contributed by atoms with van der Waals surface area (Å²) in [6.45, 7) is 0.667. The van der Waals surface area contributed by atoms with Crippen molar-refractivity contribution in [3.8, 4) is 17.2 Å². The van der Waals surface area contributed by atoms with Crippen molar-refractivity contribution in [3.63, 3.8) is 0 Å². The van der Waals surface area contributed by atoms with E-state index in [0.29, 0.717) is 46.7 Å². The van der Waals surface area contributed by atoms with E-state index in [4.69, 9.17) is 31.5 Å². The third-order valence-electron chi connectivity index (χ3n) is 3.53. The van der Waals surface area contributed by atoms with Crippen LogP contribution in [0.15, 0.2) is 42.5 Å². The first-order chi connectivity index (χ1) is 13.0. The van der Waals surface area contributed by atoms with E-state index in [9.17, 15) is 9.59 Å². The van der Waals surface area contributed by atoms with Gasteiger partial charge in [-0.05, 0) is 35.9 Å². The minimum atomic E-state index is -0.578. The second kappa shape index (κ2) is 8.46. The number of nitrogens with two attached hydrogens (primary N) is 1. The Morgan fingerprint density at radius 2 is 2.04 bits per heavy atom. The number of halogens is 1. The summed E-state index contributed by atoms with van der Waals surface area (Å²) in [5.74, 6) is 0.568. The van der Waals surface area contributed by atoms with E-state index < -0.39 is 5.91 Å². The number of fused-ring (bicyclic) bond motifs is 1. The fraction of sp³-hybridized carbons (Fsp3) is 0.158. The molecule has 0 aliphatic carbocycles. The first kappa shape index (κ1) is 18.6. The molecular formula is C19H17ClN2O5. The van der Waals surface area contributed by atoms with Gasteiger partial charge in [0.2, 0.25) is 5.91 Å². The van der Waals surface area contributed by atoms with Crippen LogP contribution in [0.3, 0.4) is 0 Å². The number of ether oxygens (including phenoxy) is 3. The minimum absolute atomic E-state index is 0.234. The molecule has 0 unspecified atom stereocenters. The van der Waals surface area contributed by atoms with Crippen LogP contribution in [0, 0.1) is 0 Å². The quantitative estimate of drug-likeness (QED) is 0.741. The highest BCUT2D eigenvalue weighted by molar-refractivity contribution is 6.32. The second-order valence-electron chi connectivity index (χ2n) is 5.63. The number of carbonyl (C=O) groups excluding carboxylic acids is 2. The zero-order valence-electron chi connectivity index (χ0n) is 14.2. The van der Waals surface area contributed by atoms with Crippen molar-refractivity contribution >= 4 is 35.2 Å². The van der Waals surface area contributed by atoms with Gasteiger partial charge in [0.05, 0.1) is 5.02 Å². The summed E-state index contributed by atoms with van der Waals surface area (Å²) in [6.07, 6.45) is 2.99. The Hall–Kier alpha value is -3.19. The number of benzene rings is 2. The van der Waals surface area contributed by atoms with Crippen molar-refractivity contribution in [1.29, 1.82) is 0 Å². The zero-order valence-corrected chi connectivity index (χ0v) is 15.0. The van der Waals surface area contributed by atoms with Gasteiger partial charge in [0, 0.05) is 17.8 Å². The normalized spacial score (nSPS) is 12.6. The molecule has 2 amide bonds. The predicted molar refractivity (Wildman–Crippen MR) is 101 cm³/mol. The van der Waals surface area contributed by atoms with Crippen molar-refractivity contribution in [2.75, 3.05) is 25.1 Å². The summed E-state index contributed by atoms with van der Waals surface area (Å²) in [7, 11) is 0. The molecule has 0 fully saturated rings. The Morgan fingerprint density at radius 3 is 2.85 bits per heavy atom. The van der Waals surface area contributed by atoms with Gasteiger partial charge in [-0.15, -0.1) is 0 Å². The number of anilines is 1. The van der Waals surface area contributed by atoms with Crippen LogP contribution in [0.25, 0.3) is 6.08 Å². The second-order valence-corrected chi connectivity index (χ2v) is 6.04. The Morgan fingerprint density at radius 1 is 1.22 bits per heavy atom. The van der Waals surface area contributed by atoms with Crippen LogP contribution < -0.4 is 25.3 Å². The Kier molecular flexibility index (Phi) is 5.83. The van der Waals surface area contributed by atoms with Gasteiger partial charge in [0.15, 0.2) is 18.1 Å². The topological polar surface area (TPSA) is 99.9 Å². The van der Waals surface area contributed by atoms with Crippen molar-refractivity contribution < 1.29 is 23.8 Å². The van der Waals surface area contributed by atoms with E-state index in [1.54, 1.807) is 42.5 Å². The van der Waals surface area contributed by atoms with Gasteiger partial charge in [0.25, 0.3) is 5.91 Å². The van der Waals surface area contributed by atoms with E-state index in [2.05, 4.69) is 5.32 Å². The molecule has 7 nitrogen and oxygen atoms in total. The van der Waals surface area contributed by atoms with Gasteiger partial charge in [-0.1, -0.05) is 17.7 Å². The molecule has 1 aliphatic rings. The lowest BCUT2D eigenvalue weighted by molar-refractivity contribution is -0.120. The summed E-state index contributed by atoms with van der Waals surface area (Å²) in [5, 5.41) is 3.13. The highest BCUT2D eigenvalue weighted by Crippen LogP contribution is 2.38. The van der Waals surface area contributed by atoms with E-state index in [-0.39, 0.29) is 12.5 Å². The molecule has 1 heterocycles. The van der Waals surface area contributed by atoms with E-state index >= 15 is 0 Å². The molecule has 1 aliphatic heterocycles. The van der Waals surface area contributed by atoms with Crippen molar-refractivity contribution in [2.24, 2.45) is 5.73 Å². The molecule has 140 valence electrons. The third kappa shape index (κ3) is 5.15. The highest BCUT2D eigenvalue weighted by Gasteiger charge is 2.16. The third-order valence-corrected chi connectivity index (χ3v) is 3.81. The molecule has 0 radical (unpaired) electrons. The van der Waals surface area contributed by atoms with E-state index in [1.165, 1.54) is 6.08 Å². The van der Waals surface area contributed by atoms with Gasteiger partial charge in [-0.2, -0.15) is 0 Å². The molecular weight excluding hydrogens is 372 g/mol. The number of rotatable bonds is 6.